The van der Waals surface area contributed by atoms with E-state index < -0.39 is 0 Å². The first-order valence-electron chi connectivity index (χ1n) is 7.40. The van der Waals surface area contributed by atoms with E-state index in [0.29, 0.717) is 17.8 Å². The number of nitriles is 1. The van der Waals surface area contributed by atoms with E-state index in [1.165, 1.54) is 12.1 Å². The van der Waals surface area contributed by atoms with Crippen LogP contribution in [-0.4, -0.2) is 15.0 Å². The second-order valence-electron chi connectivity index (χ2n) is 5.19. The lowest BCUT2D eigenvalue weighted by Crippen LogP contribution is -2.06. The maximum atomic E-state index is 13.1. The third-order valence-corrected chi connectivity index (χ3v) is 3.75. The lowest BCUT2D eigenvalue weighted by molar-refractivity contribution is 0.627. The summed E-state index contributed by atoms with van der Waals surface area (Å²) >= 11 is 0. The Morgan fingerprint density at radius 2 is 1.87 bits per heavy atom. The van der Waals surface area contributed by atoms with Gasteiger partial charge in [-0.2, -0.15) is 5.26 Å². The Kier molecular flexibility index (Phi) is 4.15. The van der Waals surface area contributed by atoms with E-state index in [2.05, 4.69) is 23.3 Å². The van der Waals surface area contributed by atoms with Gasteiger partial charge < -0.3 is 0 Å². The van der Waals surface area contributed by atoms with E-state index in [1.807, 2.05) is 24.3 Å². The zero-order valence-electron chi connectivity index (χ0n) is 12.7. The van der Waals surface area contributed by atoms with Crippen LogP contribution in [0.3, 0.4) is 0 Å². The molecule has 1 heterocycles. The number of halogens is 1. The third kappa shape index (κ3) is 2.97. The smallest absolute Gasteiger partial charge is 0.186 e. The van der Waals surface area contributed by atoms with Crippen molar-refractivity contribution >= 4 is 0 Å². The lowest BCUT2D eigenvalue weighted by atomic mass is 10.1. The van der Waals surface area contributed by atoms with Gasteiger partial charge in [0.2, 0.25) is 0 Å². The minimum absolute atomic E-state index is 0.280. The van der Waals surface area contributed by atoms with Crippen LogP contribution in [0.25, 0.3) is 5.69 Å². The van der Waals surface area contributed by atoms with Crippen molar-refractivity contribution in [1.29, 1.82) is 5.26 Å². The molecule has 0 aliphatic rings. The molecule has 0 saturated heterocycles. The molecule has 0 amide bonds. The SMILES string of the molecule is CCc1ccccc1-n1nnc(C#N)c1Cc1ccc(F)cc1. The molecule has 0 saturated carbocycles. The first kappa shape index (κ1) is 14.9. The van der Waals surface area contributed by atoms with Crippen LogP contribution in [0.4, 0.5) is 4.39 Å². The average molecular weight is 306 g/mol. The summed E-state index contributed by atoms with van der Waals surface area (Å²) in [6.07, 6.45) is 1.32. The molecule has 114 valence electrons. The molecule has 4 nitrogen and oxygen atoms in total. The van der Waals surface area contributed by atoms with E-state index in [1.54, 1.807) is 16.8 Å². The van der Waals surface area contributed by atoms with Crippen LogP contribution >= 0.6 is 0 Å². The van der Waals surface area contributed by atoms with Crippen molar-refractivity contribution in [2.75, 3.05) is 0 Å². The van der Waals surface area contributed by atoms with Crippen LogP contribution in [0, 0.1) is 17.1 Å². The Morgan fingerprint density at radius 1 is 1.13 bits per heavy atom. The summed E-state index contributed by atoms with van der Waals surface area (Å²) in [6, 6.07) is 16.2. The van der Waals surface area contributed by atoms with Gasteiger partial charge in [0.15, 0.2) is 5.69 Å². The highest BCUT2D eigenvalue weighted by molar-refractivity contribution is 5.44. The molecule has 0 N–H and O–H groups in total. The fourth-order valence-electron chi connectivity index (χ4n) is 2.55. The van der Waals surface area contributed by atoms with Crippen LogP contribution in [0.2, 0.25) is 0 Å². The van der Waals surface area contributed by atoms with E-state index in [0.717, 1.165) is 23.2 Å². The van der Waals surface area contributed by atoms with Gasteiger partial charge in [0.05, 0.1) is 11.4 Å². The molecule has 3 aromatic rings. The van der Waals surface area contributed by atoms with Gasteiger partial charge in [0.1, 0.15) is 11.9 Å². The van der Waals surface area contributed by atoms with Crippen molar-refractivity contribution in [3.63, 3.8) is 0 Å². The molecule has 0 aliphatic carbocycles. The Labute approximate surface area is 133 Å². The van der Waals surface area contributed by atoms with Gasteiger partial charge in [0, 0.05) is 6.42 Å². The van der Waals surface area contributed by atoms with Gasteiger partial charge in [-0.3, -0.25) is 0 Å². The normalized spacial score (nSPS) is 10.5. The van der Waals surface area contributed by atoms with Gasteiger partial charge in [-0.25, -0.2) is 9.07 Å². The summed E-state index contributed by atoms with van der Waals surface area (Å²) in [7, 11) is 0. The van der Waals surface area contributed by atoms with Gasteiger partial charge >= 0.3 is 0 Å². The first-order valence-corrected chi connectivity index (χ1v) is 7.40. The molecule has 0 atom stereocenters. The number of nitrogens with zero attached hydrogens (tertiary/aromatic N) is 4. The minimum atomic E-state index is -0.280. The van der Waals surface area contributed by atoms with Crippen molar-refractivity contribution in [2.45, 2.75) is 19.8 Å². The fraction of sp³-hybridized carbons (Fsp3) is 0.167. The zero-order chi connectivity index (χ0) is 16.2. The summed E-state index contributed by atoms with van der Waals surface area (Å²) < 4.78 is 14.8. The van der Waals surface area contributed by atoms with Crippen LogP contribution in [0.5, 0.6) is 0 Å². The molecule has 0 spiro atoms. The number of hydrogen-bond donors (Lipinski definition) is 0. The topological polar surface area (TPSA) is 54.5 Å². The van der Waals surface area contributed by atoms with Crippen molar-refractivity contribution in [3.8, 4) is 11.8 Å². The van der Waals surface area contributed by atoms with Crippen molar-refractivity contribution in [3.05, 3.63) is 76.9 Å². The molecule has 0 unspecified atom stereocenters. The van der Waals surface area contributed by atoms with Crippen molar-refractivity contribution in [1.82, 2.24) is 15.0 Å². The number of aryl methyl sites for hydroxylation is 1. The summed E-state index contributed by atoms with van der Waals surface area (Å²) in [5.41, 5.74) is 3.95. The third-order valence-electron chi connectivity index (χ3n) is 3.75. The van der Waals surface area contributed by atoms with Gasteiger partial charge in [-0.15, -0.1) is 5.10 Å². The van der Waals surface area contributed by atoms with Gasteiger partial charge in [0.25, 0.3) is 0 Å². The molecule has 2 aromatic carbocycles. The van der Waals surface area contributed by atoms with Gasteiger partial charge in [-0.05, 0) is 35.7 Å². The van der Waals surface area contributed by atoms with Crippen LogP contribution in [-0.2, 0) is 12.8 Å². The molecular formula is C18H15FN4. The average Bonchev–Trinajstić information content (AvgIpc) is 2.99. The first-order chi connectivity index (χ1) is 11.2. The molecule has 0 radical (unpaired) electrons. The Hall–Kier alpha value is -3.00. The van der Waals surface area contributed by atoms with Gasteiger partial charge in [-0.1, -0.05) is 42.5 Å². The predicted octanol–water partition coefficient (Wildman–Crippen LogP) is 3.43. The Morgan fingerprint density at radius 3 is 2.57 bits per heavy atom. The number of benzene rings is 2. The maximum absolute atomic E-state index is 13.1. The molecule has 3 rings (SSSR count). The van der Waals surface area contributed by atoms with Crippen molar-refractivity contribution in [2.24, 2.45) is 0 Å². The maximum Gasteiger partial charge on any atom is 0.186 e. The van der Waals surface area contributed by atoms with E-state index in [-0.39, 0.29) is 5.82 Å². The van der Waals surface area contributed by atoms with E-state index in [9.17, 15) is 9.65 Å². The van der Waals surface area contributed by atoms with Crippen LogP contribution in [0.15, 0.2) is 48.5 Å². The standard InChI is InChI=1S/C18H15FN4/c1-2-14-5-3-4-6-17(14)23-18(16(12-20)21-22-23)11-13-7-9-15(19)10-8-13/h3-10H,2,11H2,1H3. The number of rotatable bonds is 4. The molecular weight excluding hydrogens is 291 g/mol. The zero-order valence-corrected chi connectivity index (χ0v) is 12.7. The molecule has 23 heavy (non-hydrogen) atoms. The second-order valence-corrected chi connectivity index (χ2v) is 5.19. The second kappa shape index (κ2) is 6.41. The summed E-state index contributed by atoms with van der Waals surface area (Å²) in [4.78, 5) is 0. The number of hydrogen-bond acceptors (Lipinski definition) is 3. The highest BCUT2D eigenvalue weighted by Crippen LogP contribution is 2.20. The summed E-state index contributed by atoms with van der Waals surface area (Å²) in [5, 5.41) is 17.4. The monoisotopic (exact) mass is 306 g/mol. The highest BCUT2D eigenvalue weighted by Gasteiger charge is 2.16. The summed E-state index contributed by atoms with van der Waals surface area (Å²) in [5.74, 6) is -0.280. The number of para-hydroxylation sites is 1. The minimum Gasteiger partial charge on any atom is -0.216 e. The van der Waals surface area contributed by atoms with Crippen LogP contribution < -0.4 is 0 Å². The van der Waals surface area contributed by atoms with E-state index in [4.69, 9.17) is 0 Å². The quantitative estimate of drug-likeness (QED) is 0.742. The van der Waals surface area contributed by atoms with Crippen LogP contribution in [0.1, 0.15) is 29.4 Å². The Bertz CT molecular complexity index is 859. The Balaban J connectivity index is 2.07. The predicted molar refractivity (Wildman–Crippen MR) is 84.7 cm³/mol. The number of aromatic nitrogens is 3. The summed E-state index contributed by atoms with van der Waals surface area (Å²) in [6.45, 7) is 2.07. The lowest BCUT2D eigenvalue weighted by Gasteiger charge is -2.10. The highest BCUT2D eigenvalue weighted by atomic mass is 19.1. The largest absolute Gasteiger partial charge is 0.216 e. The molecule has 0 fully saturated rings. The van der Waals surface area contributed by atoms with Crippen molar-refractivity contribution < 1.29 is 4.39 Å². The fourth-order valence-corrected chi connectivity index (χ4v) is 2.55. The molecule has 0 bridgehead atoms. The van der Waals surface area contributed by atoms with E-state index >= 15 is 0 Å². The molecule has 0 aliphatic heterocycles. The molecule has 1 aromatic heterocycles. The molecule has 5 heteroatoms.